The van der Waals surface area contributed by atoms with Crippen molar-refractivity contribution in [1.82, 2.24) is 4.72 Å². The van der Waals surface area contributed by atoms with Crippen molar-refractivity contribution in [3.8, 4) is 0 Å². The Morgan fingerprint density at radius 2 is 1.96 bits per heavy atom. The maximum atomic E-state index is 12.6. The van der Waals surface area contributed by atoms with Crippen LogP contribution in [0.4, 0.5) is 5.69 Å². The number of carbonyl (C=O) groups is 1. The highest BCUT2D eigenvalue weighted by Gasteiger charge is 2.26. The van der Waals surface area contributed by atoms with E-state index in [0.29, 0.717) is 35.9 Å². The number of nitrogens with zero attached hydrogens (tertiary/aromatic N) is 1. The van der Waals surface area contributed by atoms with Crippen LogP contribution in [0.2, 0.25) is 10.0 Å². The molecule has 1 N–H and O–H groups in total. The van der Waals surface area contributed by atoms with Gasteiger partial charge in [-0.2, -0.15) is 0 Å². The van der Waals surface area contributed by atoms with Gasteiger partial charge in [0, 0.05) is 28.7 Å². The molecular formula is C18H18Cl2N2O3S. The van der Waals surface area contributed by atoms with Gasteiger partial charge in [0.2, 0.25) is 15.9 Å². The second kappa shape index (κ2) is 7.56. The molecule has 138 valence electrons. The van der Waals surface area contributed by atoms with Gasteiger partial charge in [0.05, 0.1) is 4.90 Å². The predicted molar refractivity (Wildman–Crippen MR) is 104 cm³/mol. The number of nitrogens with one attached hydrogen (secondary N) is 1. The third-order valence-corrected chi connectivity index (χ3v) is 6.45. The zero-order chi connectivity index (χ0) is 18.9. The molecule has 0 atom stereocenters. The molecule has 1 aliphatic heterocycles. The fourth-order valence-corrected chi connectivity index (χ4v) is 4.31. The average molecular weight is 413 g/mol. The van der Waals surface area contributed by atoms with Crippen molar-refractivity contribution in [1.29, 1.82) is 0 Å². The van der Waals surface area contributed by atoms with Gasteiger partial charge in [-0.25, -0.2) is 13.1 Å². The summed E-state index contributed by atoms with van der Waals surface area (Å²) in [6, 6.07) is 10.1. The first kappa shape index (κ1) is 19.2. The Morgan fingerprint density at radius 3 is 2.65 bits per heavy atom. The number of anilines is 1. The Morgan fingerprint density at radius 1 is 1.19 bits per heavy atom. The van der Waals surface area contributed by atoms with E-state index in [-0.39, 0.29) is 10.8 Å². The number of benzene rings is 2. The van der Waals surface area contributed by atoms with E-state index in [4.69, 9.17) is 23.2 Å². The van der Waals surface area contributed by atoms with E-state index in [1.807, 2.05) is 6.07 Å². The molecule has 0 aromatic heterocycles. The van der Waals surface area contributed by atoms with Gasteiger partial charge in [-0.3, -0.25) is 4.79 Å². The fraction of sp³-hybridized carbons (Fsp3) is 0.278. The number of halogens is 2. The van der Waals surface area contributed by atoms with Gasteiger partial charge in [0.15, 0.2) is 0 Å². The lowest BCUT2D eigenvalue weighted by Gasteiger charge is -2.18. The first-order valence-corrected chi connectivity index (χ1v) is 10.4. The molecule has 5 nitrogen and oxygen atoms in total. The maximum Gasteiger partial charge on any atom is 0.240 e. The van der Waals surface area contributed by atoms with Crippen LogP contribution >= 0.6 is 23.2 Å². The van der Waals surface area contributed by atoms with Crippen LogP contribution in [0.5, 0.6) is 0 Å². The van der Waals surface area contributed by atoms with Crippen molar-refractivity contribution in [3.63, 3.8) is 0 Å². The second-order valence-electron chi connectivity index (χ2n) is 6.03. The van der Waals surface area contributed by atoms with E-state index in [1.54, 1.807) is 29.2 Å². The average Bonchev–Trinajstić information content (AvgIpc) is 3.04. The number of amides is 1. The van der Waals surface area contributed by atoms with Crippen LogP contribution in [0.1, 0.15) is 17.5 Å². The van der Waals surface area contributed by atoms with Crippen molar-refractivity contribution in [2.75, 3.05) is 18.5 Å². The summed E-state index contributed by atoms with van der Waals surface area (Å²) in [5.74, 6) is -0.0148. The smallest absolute Gasteiger partial charge is 0.240 e. The van der Waals surface area contributed by atoms with Crippen molar-refractivity contribution in [2.45, 2.75) is 24.2 Å². The third-order valence-electron chi connectivity index (χ3n) is 4.45. The molecular weight excluding hydrogens is 395 g/mol. The van der Waals surface area contributed by atoms with Crippen LogP contribution in [-0.4, -0.2) is 27.9 Å². The van der Waals surface area contributed by atoms with Crippen molar-refractivity contribution in [3.05, 3.63) is 57.6 Å². The Balaban J connectivity index is 1.73. The Bertz CT molecular complexity index is 961. The summed E-state index contributed by atoms with van der Waals surface area (Å²) in [7, 11) is -2.12. The number of hydrogen-bond donors (Lipinski definition) is 1. The van der Waals surface area contributed by atoms with Gasteiger partial charge in [0.1, 0.15) is 0 Å². The highest BCUT2D eigenvalue weighted by atomic mass is 35.5. The van der Waals surface area contributed by atoms with E-state index in [1.165, 1.54) is 13.1 Å². The molecule has 0 aliphatic carbocycles. The minimum atomic E-state index is -3.49. The lowest BCUT2D eigenvalue weighted by Crippen LogP contribution is -2.29. The largest absolute Gasteiger partial charge is 0.312 e. The van der Waals surface area contributed by atoms with E-state index >= 15 is 0 Å². The molecule has 8 heteroatoms. The zero-order valence-corrected chi connectivity index (χ0v) is 16.5. The molecule has 2 aromatic carbocycles. The highest BCUT2D eigenvalue weighted by molar-refractivity contribution is 7.89. The minimum absolute atomic E-state index is 0.0148. The summed E-state index contributed by atoms with van der Waals surface area (Å²) in [4.78, 5) is 14.5. The standard InChI is InChI=1S/C18H18Cl2N2O3S/c1-21-26(24,25)15-5-6-17-13(10-15)8-9-22(17)18(23)7-3-12-2-4-14(19)11-16(12)20/h2,4-6,10-11,21H,3,7-9H2,1H3. The summed E-state index contributed by atoms with van der Waals surface area (Å²) >= 11 is 12.0. The van der Waals surface area contributed by atoms with Gasteiger partial charge in [0.25, 0.3) is 0 Å². The quantitative estimate of drug-likeness (QED) is 0.817. The predicted octanol–water partition coefficient (Wildman–Crippen LogP) is 3.42. The van der Waals surface area contributed by atoms with Crippen molar-refractivity contribution >= 4 is 44.8 Å². The monoisotopic (exact) mass is 412 g/mol. The molecule has 26 heavy (non-hydrogen) atoms. The van der Waals surface area contributed by atoms with E-state index in [9.17, 15) is 13.2 Å². The van der Waals surface area contributed by atoms with Gasteiger partial charge < -0.3 is 4.90 Å². The SMILES string of the molecule is CNS(=O)(=O)c1ccc2c(c1)CCN2C(=O)CCc1ccc(Cl)cc1Cl. The molecule has 0 radical (unpaired) electrons. The van der Waals surface area contributed by atoms with Crippen LogP contribution in [-0.2, 0) is 27.7 Å². The minimum Gasteiger partial charge on any atom is -0.312 e. The molecule has 0 fully saturated rings. The highest BCUT2D eigenvalue weighted by Crippen LogP contribution is 2.31. The molecule has 1 aliphatic rings. The topological polar surface area (TPSA) is 66.5 Å². The number of fused-ring (bicyclic) bond motifs is 1. The van der Waals surface area contributed by atoms with Gasteiger partial charge >= 0.3 is 0 Å². The Hall–Kier alpha value is -1.60. The van der Waals surface area contributed by atoms with Gasteiger partial charge in [-0.15, -0.1) is 0 Å². The first-order valence-electron chi connectivity index (χ1n) is 8.12. The van der Waals surface area contributed by atoms with Crippen molar-refractivity contribution < 1.29 is 13.2 Å². The number of rotatable bonds is 5. The lowest BCUT2D eigenvalue weighted by molar-refractivity contribution is -0.118. The zero-order valence-electron chi connectivity index (χ0n) is 14.1. The second-order valence-corrected chi connectivity index (χ2v) is 8.76. The van der Waals surface area contributed by atoms with Crippen LogP contribution in [0.3, 0.4) is 0 Å². The lowest BCUT2D eigenvalue weighted by atomic mass is 10.1. The number of aryl methyl sites for hydroxylation is 1. The van der Waals surface area contributed by atoms with E-state index in [2.05, 4.69) is 4.72 Å². The summed E-state index contributed by atoms with van der Waals surface area (Å²) in [6.07, 6.45) is 1.47. The van der Waals surface area contributed by atoms with Crippen molar-refractivity contribution in [2.24, 2.45) is 0 Å². The van der Waals surface area contributed by atoms with Gasteiger partial charge in [-0.05, 0) is 61.3 Å². The van der Waals surface area contributed by atoms with Crippen LogP contribution in [0.15, 0.2) is 41.3 Å². The van der Waals surface area contributed by atoms with Crippen LogP contribution in [0, 0.1) is 0 Å². The van der Waals surface area contributed by atoms with Crippen LogP contribution in [0.25, 0.3) is 0 Å². The first-order chi connectivity index (χ1) is 12.3. The van der Waals surface area contributed by atoms with Gasteiger partial charge in [-0.1, -0.05) is 29.3 Å². The number of carbonyl (C=O) groups excluding carboxylic acids is 1. The normalized spacial score (nSPS) is 13.7. The molecule has 1 amide bonds. The summed E-state index contributed by atoms with van der Waals surface area (Å²) in [5, 5.41) is 1.11. The summed E-state index contributed by atoms with van der Waals surface area (Å²) in [6.45, 7) is 0.547. The molecule has 0 bridgehead atoms. The molecule has 0 saturated carbocycles. The molecule has 0 saturated heterocycles. The Kier molecular flexibility index (Phi) is 5.58. The molecule has 0 spiro atoms. The molecule has 3 rings (SSSR count). The fourth-order valence-electron chi connectivity index (χ4n) is 3.02. The summed E-state index contributed by atoms with van der Waals surface area (Å²) in [5.41, 5.74) is 2.51. The Labute approximate surface area is 163 Å². The molecule has 2 aromatic rings. The van der Waals surface area contributed by atoms with Crippen LogP contribution < -0.4 is 9.62 Å². The summed E-state index contributed by atoms with van der Waals surface area (Å²) < 4.78 is 26.1. The van der Waals surface area contributed by atoms with E-state index in [0.717, 1.165) is 16.8 Å². The molecule has 1 heterocycles. The van der Waals surface area contributed by atoms with E-state index < -0.39 is 10.0 Å². The number of hydrogen-bond acceptors (Lipinski definition) is 3. The third kappa shape index (κ3) is 3.88. The number of sulfonamides is 1. The maximum absolute atomic E-state index is 12.6. The molecule has 0 unspecified atom stereocenters.